The van der Waals surface area contributed by atoms with E-state index in [-0.39, 0.29) is 24.3 Å². The maximum absolute atomic E-state index is 12.0. The molecule has 0 unspecified atom stereocenters. The molecule has 5 nitrogen and oxygen atoms in total. The van der Waals surface area contributed by atoms with E-state index >= 15 is 0 Å². The van der Waals surface area contributed by atoms with Crippen LogP contribution in [0.25, 0.3) is 11.3 Å². The van der Waals surface area contributed by atoms with Crippen molar-refractivity contribution in [2.24, 2.45) is 5.92 Å². The maximum Gasteiger partial charge on any atom is 0.374 e. The lowest BCUT2D eigenvalue weighted by molar-refractivity contribution is -0.125. The van der Waals surface area contributed by atoms with Crippen LogP contribution in [-0.2, 0) is 9.53 Å². The van der Waals surface area contributed by atoms with Crippen molar-refractivity contribution in [1.29, 1.82) is 0 Å². The Morgan fingerprint density at radius 3 is 2.72 bits per heavy atom. The van der Waals surface area contributed by atoms with E-state index < -0.39 is 5.97 Å². The summed E-state index contributed by atoms with van der Waals surface area (Å²) in [6, 6.07) is 8.16. The maximum atomic E-state index is 12.0. The van der Waals surface area contributed by atoms with Gasteiger partial charge in [-0.3, -0.25) is 4.79 Å². The van der Waals surface area contributed by atoms with Gasteiger partial charge in [-0.25, -0.2) is 4.79 Å². The molecule has 0 saturated heterocycles. The number of benzene rings is 1. The quantitative estimate of drug-likeness (QED) is 0.756. The van der Waals surface area contributed by atoms with Crippen LogP contribution in [0, 0.1) is 5.92 Å². The van der Waals surface area contributed by atoms with Gasteiger partial charge in [-0.2, -0.15) is 0 Å². The van der Waals surface area contributed by atoms with E-state index in [4.69, 9.17) is 32.4 Å². The van der Waals surface area contributed by atoms with Crippen molar-refractivity contribution >= 4 is 35.1 Å². The largest absolute Gasteiger partial charge is 0.450 e. The lowest BCUT2D eigenvalue weighted by atomic mass is 10.2. The number of rotatable bonds is 6. The molecule has 1 N–H and O–H groups in total. The molecule has 0 spiro atoms. The SMILES string of the molecule is C[C@H](NC(=O)COC(=O)c1ccc(-c2ccc(Cl)cc2Cl)o1)C1CC1. The van der Waals surface area contributed by atoms with Crippen molar-refractivity contribution in [1.82, 2.24) is 5.32 Å². The molecule has 1 aliphatic carbocycles. The Kier molecular flexibility index (Phi) is 5.35. The molecule has 3 rings (SSSR count). The second-order valence-corrected chi connectivity index (χ2v) is 6.90. The summed E-state index contributed by atoms with van der Waals surface area (Å²) in [5, 5.41) is 3.73. The fraction of sp³-hybridized carbons (Fsp3) is 0.333. The van der Waals surface area contributed by atoms with Gasteiger partial charge < -0.3 is 14.5 Å². The van der Waals surface area contributed by atoms with E-state index in [1.54, 1.807) is 24.3 Å². The number of esters is 1. The van der Waals surface area contributed by atoms with Crippen molar-refractivity contribution in [3.05, 3.63) is 46.1 Å². The minimum atomic E-state index is -0.703. The van der Waals surface area contributed by atoms with Crippen molar-refractivity contribution in [2.75, 3.05) is 6.61 Å². The van der Waals surface area contributed by atoms with Crippen LogP contribution >= 0.6 is 23.2 Å². The van der Waals surface area contributed by atoms with Crippen molar-refractivity contribution < 1.29 is 18.7 Å². The molecule has 1 heterocycles. The number of carbonyl (C=O) groups excluding carboxylic acids is 2. The molecule has 1 fully saturated rings. The molecule has 132 valence electrons. The summed E-state index contributed by atoms with van der Waals surface area (Å²) in [4.78, 5) is 23.8. The molecule has 1 aromatic carbocycles. The first-order valence-electron chi connectivity index (χ1n) is 7.96. The molecule has 1 aromatic heterocycles. The molecular formula is C18H17Cl2NO4. The molecule has 0 radical (unpaired) electrons. The molecular weight excluding hydrogens is 365 g/mol. The summed E-state index contributed by atoms with van der Waals surface area (Å²) in [5.74, 6) is -0.0632. The average Bonchev–Trinajstić information content (AvgIpc) is 3.31. The monoisotopic (exact) mass is 381 g/mol. The summed E-state index contributed by atoms with van der Waals surface area (Å²) >= 11 is 12.0. The van der Waals surface area contributed by atoms with E-state index in [0.29, 0.717) is 27.3 Å². The van der Waals surface area contributed by atoms with Gasteiger partial charge in [0.05, 0.1) is 5.02 Å². The van der Waals surface area contributed by atoms with Gasteiger partial charge >= 0.3 is 5.97 Å². The van der Waals surface area contributed by atoms with Crippen molar-refractivity contribution in [3.63, 3.8) is 0 Å². The Morgan fingerprint density at radius 1 is 1.28 bits per heavy atom. The predicted molar refractivity (Wildman–Crippen MR) is 94.8 cm³/mol. The summed E-state index contributed by atoms with van der Waals surface area (Å²) in [5.41, 5.74) is 0.612. The van der Waals surface area contributed by atoms with E-state index in [9.17, 15) is 9.59 Å². The summed E-state index contributed by atoms with van der Waals surface area (Å²) in [7, 11) is 0. The summed E-state index contributed by atoms with van der Waals surface area (Å²) in [6.07, 6.45) is 2.26. The van der Waals surface area contributed by atoms with Gasteiger partial charge in [0.15, 0.2) is 6.61 Å². The second kappa shape index (κ2) is 7.50. The van der Waals surface area contributed by atoms with Gasteiger partial charge in [0.1, 0.15) is 5.76 Å². The van der Waals surface area contributed by atoms with Crippen molar-refractivity contribution in [2.45, 2.75) is 25.8 Å². The Hall–Kier alpha value is -1.98. The minimum Gasteiger partial charge on any atom is -0.450 e. The number of hydrogen-bond donors (Lipinski definition) is 1. The molecule has 1 atom stereocenters. The number of carbonyl (C=O) groups is 2. The molecule has 1 saturated carbocycles. The highest BCUT2D eigenvalue weighted by molar-refractivity contribution is 6.36. The van der Waals surface area contributed by atoms with Gasteiger partial charge in [0.2, 0.25) is 5.76 Å². The third-order valence-electron chi connectivity index (χ3n) is 4.06. The molecule has 7 heteroatoms. The third kappa shape index (κ3) is 4.55. The topological polar surface area (TPSA) is 68.5 Å². The fourth-order valence-electron chi connectivity index (χ4n) is 2.49. The van der Waals surface area contributed by atoms with Crippen LogP contribution in [0.4, 0.5) is 0 Å². The number of amides is 1. The molecule has 0 aliphatic heterocycles. The zero-order valence-electron chi connectivity index (χ0n) is 13.6. The second-order valence-electron chi connectivity index (χ2n) is 6.06. The highest BCUT2D eigenvalue weighted by Gasteiger charge is 2.29. The molecule has 0 bridgehead atoms. The van der Waals surface area contributed by atoms with Gasteiger partial charge in [0.25, 0.3) is 5.91 Å². The molecule has 2 aromatic rings. The van der Waals surface area contributed by atoms with Crippen LogP contribution in [0.15, 0.2) is 34.7 Å². The highest BCUT2D eigenvalue weighted by atomic mass is 35.5. The van der Waals surface area contributed by atoms with Crippen LogP contribution < -0.4 is 5.32 Å². The number of furan rings is 1. The third-order valence-corrected chi connectivity index (χ3v) is 4.60. The van der Waals surface area contributed by atoms with Crippen LogP contribution in [0.1, 0.15) is 30.3 Å². The number of ether oxygens (including phenoxy) is 1. The summed E-state index contributed by atoms with van der Waals surface area (Å²) < 4.78 is 10.5. The highest BCUT2D eigenvalue weighted by Crippen LogP contribution is 2.32. The normalized spacial score (nSPS) is 14.8. The zero-order chi connectivity index (χ0) is 18.0. The number of nitrogens with one attached hydrogen (secondary N) is 1. The van der Waals surface area contributed by atoms with E-state index in [0.717, 1.165) is 12.8 Å². The zero-order valence-corrected chi connectivity index (χ0v) is 15.1. The van der Waals surface area contributed by atoms with Crippen LogP contribution in [0.5, 0.6) is 0 Å². The number of hydrogen-bond acceptors (Lipinski definition) is 4. The lowest BCUT2D eigenvalue weighted by Crippen LogP contribution is -2.37. The molecule has 25 heavy (non-hydrogen) atoms. The first kappa shape index (κ1) is 17.8. The van der Waals surface area contributed by atoms with Gasteiger partial charge in [-0.15, -0.1) is 0 Å². The van der Waals surface area contributed by atoms with E-state index in [1.165, 1.54) is 6.07 Å². The standard InChI is InChI=1S/C18H17Cl2NO4/c1-10(11-2-3-11)21-17(22)9-24-18(23)16-7-6-15(25-16)13-5-4-12(19)8-14(13)20/h4-8,10-11H,2-3,9H2,1H3,(H,21,22)/t10-/m0/s1. The first-order chi connectivity index (χ1) is 11.9. The van der Waals surface area contributed by atoms with Gasteiger partial charge in [0, 0.05) is 16.6 Å². The molecule has 1 amide bonds. The van der Waals surface area contributed by atoms with E-state index in [1.807, 2.05) is 6.92 Å². The Balaban J connectivity index is 1.57. The van der Waals surface area contributed by atoms with E-state index in [2.05, 4.69) is 5.32 Å². The van der Waals surface area contributed by atoms with Crippen molar-refractivity contribution in [3.8, 4) is 11.3 Å². The predicted octanol–water partition coefficient (Wildman–Crippen LogP) is 4.32. The van der Waals surface area contributed by atoms with Gasteiger partial charge in [-0.05, 0) is 56.0 Å². The Bertz CT molecular complexity index is 798. The van der Waals surface area contributed by atoms with Gasteiger partial charge in [-0.1, -0.05) is 23.2 Å². The molecule has 1 aliphatic rings. The number of halogens is 2. The Labute approximate surface area is 155 Å². The van der Waals surface area contributed by atoms with Crippen LogP contribution in [0.3, 0.4) is 0 Å². The summed E-state index contributed by atoms with van der Waals surface area (Å²) in [6.45, 7) is 1.61. The fourth-order valence-corrected chi connectivity index (χ4v) is 3.00. The minimum absolute atomic E-state index is 0.00376. The smallest absolute Gasteiger partial charge is 0.374 e. The lowest BCUT2D eigenvalue weighted by Gasteiger charge is -2.12. The average molecular weight is 382 g/mol. The van der Waals surface area contributed by atoms with Crippen LogP contribution in [-0.4, -0.2) is 24.5 Å². The van der Waals surface area contributed by atoms with Crippen LogP contribution in [0.2, 0.25) is 10.0 Å². The Morgan fingerprint density at radius 2 is 2.04 bits per heavy atom. The first-order valence-corrected chi connectivity index (χ1v) is 8.71.